The molecule has 4 nitrogen and oxygen atoms in total. The van der Waals surface area contributed by atoms with Crippen molar-refractivity contribution in [3.63, 3.8) is 0 Å². The minimum atomic E-state index is 0.768. The molecule has 0 unspecified atom stereocenters. The maximum Gasteiger partial charge on any atom is 0.216 e. The van der Waals surface area contributed by atoms with Gasteiger partial charge in [0.25, 0.3) is 0 Å². The summed E-state index contributed by atoms with van der Waals surface area (Å²) in [5.74, 6) is 1.54. The van der Waals surface area contributed by atoms with Crippen LogP contribution in [0.5, 0.6) is 0 Å². The summed E-state index contributed by atoms with van der Waals surface area (Å²) in [6.07, 6.45) is 4.95. The summed E-state index contributed by atoms with van der Waals surface area (Å²) in [6.45, 7) is 4.13. The van der Waals surface area contributed by atoms with E-state index in [2.05, 4.69) is 40.0 Å². The average Bonchev–Trinajstić information content (AvgIpc) is 3.07. The van der Waals surface area contributed by atoms with Crippen LogP contribution in [0.25, 0.3) is 0 Å². The van der Waals surface area contributed by atoms with Crippen LogP contribution in [0.4, 0.5) is 0 Å². The normalized spacial score (nSPS) is 11.0. The van der Waals surface area contributed by atoms with E-state index in [1.54, 1.807) is 11.3 Å². The average molecular weight is 279 g/mol. The van der Waals surface area contributed by atoms with Gasteiger partial charge in [-0.1, -0.05) is 13.0 Å². The highest BCUT2D eigenvalue weighted by atomic mass is 32.1. The van der Waals surface area contributed by atoms with Gasteiger partial charge in [0.2, 0.25) is 11.8 Å². The number of rotatable bonds is 9. The molecule has 0 aromatic carbocycles. The lowest BCUT2D eigenvalue weighted by atomic mass is 10.2. The zero-order chi connectivity index (χ0) is 13.3. The van der Waals surface area contributed by atoms with Gasteiger partial charge in [0.1, 0.15) is 0 Å². The fraction of sp³-hybridized carbons (Fsp3) is 0.571. The van der Waals surface area contributed by atoms with E-state index in [1.165, 1.54) is 4.88 Å². The van der Waals surface area contributed by atoms with E-state index >= 15 is 0 Å². The first kappa shape index (κ1) is 14.2. The van der Waals surface area contributed by atoms with Gasteiger partial charge in [0, 0.05) is 17.7 Å². The number of thiophene rings is 1. The molecule has 5 heteroatoms. The second kappa shape index (κ2) is 8.07. The predicted octanol–water partition coefficient (Wildman–Crippen LogP) is 2.85. The quantitative estimate of drug-likeness (QED) is 0.717. The molecule has 0 amide bonds. The molecular formula is C14H21N3OS. The molecule has 0 radical (unpaired) electrons. The summed E-state index contributed by atoms with van der Waals surface area (Å²) in [5, 5.41) is 13.6. The lowest BCUT2D eigenvalue weighted by Crippen LogP contribution is -2.14. The van der Waals surface area contributed by atoms with Crippen LogP contribution in [0, 0.1) is 0 Å². The Hall–Kier alpha value is -1.20. The SMILES string of the molecule is CCNCCCc1nnc(CCCc2cccs2)o1. The minimum Gasteiger partial charge on any atom is -0.425 e. The van der Waals surface area contributed by atoms with Crippen LogP contribution in [-0.2, 0) is 19.3 Å². The molecule has 2 rings (SSSR count). The lowest BCUT2D eigenvalue weighted by Gasteiger charge is -1.97. The molecule has 0 saturated carbocycles. The molecule has 2 aromatic rings. The third kappa shape index (κ3) is 5.12. The van der Waals surface area contributed by atoms with Crippen LogP contribution < -0.4 is 5.32 Å². The van der Waals surface area contributed by atoms with Gasteiger partial charge >= 0.3 is 0 Å². The van der Waals surface area contributed by atoms with Crippen LogP contribution in [0.15, 0.2) is 21.9 Å². The van der Waals surface area contributed by atoms with Crippen molar-refractivity contribution in [2.24, 2.45) is 0 Å². The van der Waals surface area contributed by atoms with E-state index in [0.29, 0.717) is 0 Å². The fourth-order valence-corrected chi connectivity index (χ4v) is 2.65. The largest absolute Gasteiger partial charge is 0.425 e. The molecule has 2 heterocycles. The van der Waals surface area contributed by atoms with Gasteiger partial charge in [-0.2, -0.15) is 0 Å². The summed E-state index contributed by atoms with van der Waals surface area (Å²) in [4.78, 5) is 1.42. The lowest BCUT2D eigenvalue weighted by molar-refractivity contribution is 0.438. The van der Waals surface area contributed by atoms with E-state index < -0.39 is 0 Å². The summed E-state index contributed by atoms with van der Waals surface area (Å²) in [7, 11) is 0. The zero-order valence-corrected chi connectivity index (χ0v) is 12.2. The van der Waals surface area contributed by atoms with Gasteiger partial charge in [-0.05, 0) is 43.8 Å². The second-order valence-corrected chi connectivity index (χ2v) is 5.51. The molecule has 0 fully saturated rings. The molecular weight excluding hydrogens is 258 g/mol. The van der Waals surface area contributed by atoms with E-state index in [1.807, 2.05) is 0 Å². The molecule has 19 heavy (non-hydrogen) atoms. The molecule has 0 saturated heterocycles. The first-order valence-electron chi connectivity index (χ1n) is 6.93. The maximum atomic E-state index is 5.64. The Morgan fingerprint density at radius 3 is 2.63 bits per heavy atom. The summed E-state index contributed by atoms with van der Waals surface area (Å²) < 4.78 is 5.64. The Labute approximate surface area is 118 Å². The van der Waals surface area contributed by atoms with Crippen molar-refractivity contribution >= 4 is 11.3 Å². The molecule has 0 aliphatic carbocycles. The van der Waals surface area contributed by atoms with Crippen LogP contribution in [-0.4, -0.2) is 23.3 Å². The smallest absolute Gasteiger partial charge is 0.216 e. The van der Waals surface area contributed by atoms with Crippen molar-refractivity contribution in [3.05, 3.63) is 34.2 Å². The van der Waals surface area contributed by atoms with Crippen LogP contribution in [0.2, 0.25) is 0 Å². The number of hydrogen-bond acceptors (Lipinski definition) is 5. The number of nitrogens with zero attached hydrogens (tertiary/aromatic N) is 2. The van der Waals surface area contributed by atoms with Crippen molar-refractivity contribution in [1.82, 2.24) is 15.5 Å². The third-order valence-electron chi connectivity index (χ3n) is 2.90. The molecule has 0 bridgehead atoms. The molecule has 0 aliphatic rings. The topological polar surface area (TPSA) is 51.0 Å². The van der Waals surface area contributed by atoms with Gasteiger partial charge in [-0.15, -0.1) is 21.5 Å². The highest BCUT2D eigenvalue weighted by Gasteiger charge is 2.05. The first-order chi connectivity index (χ1) is 9.38. The minimum absolute atomic E-state index is 0.768. The predicted molar refractivity (Wildman–Crippen MR) is 77.5 cm³/mol. The molecule has 0 aliphatic heterocycles. The monoisotopic (exact) mass is 279 g/mol. The fourth-order valence-electron chi connectivity index (χ4n) is 1.90. The number of hydrogen-bond donors (Lipinski definition) is 1. The molecule has 104 valence electrons. The Bertz CT molecular complexity index is 453. The second-order valence-electron chi connectivity index (χ2n) is 4.48. The number of aromatic nitrogens is 2. The van der Waals surface area contributed by atoms with E-state index in [0.717, 1.165) is 57.0 Å². The van der Waals surface area contributed by atoms with Gasteiger partial charge in [0.15, 0.2) is 0 Å². The molecule has 2 aromatic heterocycles. The summed E-state index contributed by atoms with van der Waals surface area (Å²) in [5.41, 5.74) is 0. The molecule has 1 N–H and O–H groups in total. The Balaban J connectivity index is 1.65. The van der Waals surface area contributed by atoms with Crippen LogP contribution in [0.3, 0.4) is 0 Å². The van der Waals surface area contributed by atoms with Crippen LogP contribution in [0.1, 0.15) is 36.4 Å². The number of nitrogens with one attached hydrogen (secondary N) is 1. The zero-order valence-electron chi connectivity index (χ0n) is 11.4. The third-order valence-corrected chi connectivity index (χ3v) is 3.83. The van der Waals surface area contributed by atoms with E-state index in [4.69, 9.17) is 4.42 Å². The summed E-state index contributed by atoms with van der Waals surface area (Å²) >= 11 is 1.81. The van der Waals surface area contributed by atoms with Gasteiger partial charge in [0.05, 0.1) is 0 Å². The standard InChI is InChI=1S/C14H21N3OS/c1-2-15-10-4-9-14-17-16-13(18-14)8-3-6-12-7-5-11-19-12/h5,7,11,15H,2-4,6,8-10H2,1H3. The molecule has 0 atom stereocenters. The van der Waals surface area contributed by atoms with Crippen molar-refractivity contribution in [2.45, 2.75) is 39.0 Å². The highest BCUT2D eigenvalue weighted by Crippen LogP contribution is 2.13. The summed E-state index contributed by atoms with van der Waals surface area (Å²) in [6, 6.07) is 4.26. The maximum absolute atomic E-state index is 5.64. The van der Waals surface area contributed by atoms with Crippen molar-refractivity contribution in [1.29, 1.82) is 0 Å². The Kier molecular flexibility index (Phi) is 6.04. The van der Waals surface area contributed by atoms with Crippen molar-refractivity contribution in [2.75, 3.05) is 13.1 Å². The first-order valence-corrected chi connectivity index (χ1v) is 7.81. The molecule has 0 spiro atoms. The van der Waals surface area contributed by atoms with Gasteiger partial charge in [-0.3, -0.25) is 0 Å². The van der Waals surface area contributed by atoms with Gasteiger partial charge < -0.3 is 9.73 Å². The van der Waals surface area contributed by atoms with E-state index in [9.17, 15) is 0 Å². The Morgan fingerprint density at radius 2 is 1.95 bits per heavy atom. The number of aryl methyl sites for hydroxylation is 3. The van der Waals surface area contributed by atoms with Crippen molar-refractivity contribution < 1.29 is 4.42 Å². The van der Waals surface area contributed by atoms with Crippen molar-refractivity contribution in [3.8, 4) is 0 Å². The highest BCUT2D eigenvalue weighted by molar-refractivity contribution is 7.09. The Morgan fingerprint density at radius 1 is 1.16 bits per heavy atom. The van der Waals surface area contributed by atoms with Crippen LogP contribution >= 0.6 is 11.3 Å². The van der Waals surface area contributed by atoms with E-state index in [-0.39, 0.29) is 0 Å². The van der Waals surface area contributed by atoms with Gasteiger partial charge in [-0.25, -0.2) is 0 Å².